The third-order valence-corrected chi connectivity index (χ3v) is 7.28. The van der Waals surface area contributed by atoms with Gasteiger partial charge >= 0.3 is 0 Å². The number of nitrogens with zero attached hydrogens (tertiary/aromatic N) is 4. The Balaban J connectivity index is 1.51. The summed E-state index contributed by atoms with van der Waals surface area (Å²) in [6, 6.07) is 17.9. The lowest BCUT2D eigenvalue weighted by molar-refractivity contribution is 0.0966. The third kappa shape index (κ3) is 2.43. The molecular formula is C30H14N4O4. The first-order chi connectivity index (χ1) is 18.5. The molecule has 0 aliphatic heterocycles. The van der Waals surface area contributed by atoms with Crippen LogP contribution in [0.4, 0.5) is 0 Å². The molecule has 38 heavy (non-hydrogen) atoms. The summed E-state index contributed by atoms with van der Waals surface area (Å²) in [5.74, 6) is -2.64. The fourth-order valence-electron chi connectivity index (χ4n) is 5.66. The van der Waals surface area contributed by atoms with E-state index in [4.69, 9.17) is 0 Å². The number of aliphatic hydroxyl groups excluding tert-OH is 2. The smallest absolute Gasteiger partial charge is 0.246 e. The molecule has 2 N–H and O–H groups in total. The molecule has 4 aromatic heterocycles. The van der Waals surface area contributed by atoms with Gasteiger partial charge in [-0.25, -0.2) is 9.97 Å². The number of hydrogen-bond acceptors (Lipinski definition) is 8. The maximum absolute atomic E-state index is 13.5. The number of ketones is 2. The molecule has 178 valence electrons. The summed E-state index contributed by atoms with van der Waals surface area (Å²) >= 11 is 0. The molecule has 2 aromatic carbocycles. The first kappa shape index (κ1) is 20.7. The lowest BCUT2D eigenvalue weighted by Crippen LogP contribution is -2.20. The summed E-state index contributed by atoms with van der Waals surface area (Å²) in [6.45, 7) is 0. The SMILES string of the molecule is O=C1C(O)=C(C2=C(O)C(=O)c3nc4ccccc4c4nccc2c34)c2ccnc3c2c1nc1ccccc13. The quantitative estimate of drug-likeness (QED) is 0.287. The van der Waals surface area contributed by atoms with Gasteiger partial charge in [-0.1, -0.05) is 36.4 Å². The van der Waals surface area contributed by atoms with E-state index in [1.165, 1.54) is 0 Å². The van der Waals surface area contributed by atoms with Crippen molar-refractivity contribution in [3.05, 3.63) is 107 Å². The van der Waals surface area contributed by atoms with Crippen LogP contribution in [0.3, 0.4) is 0 Å². The van der Waals surface area contributed by atoms with Crippen molar-refractivity contribution in [1.82, 2.24) is 19.9 Å². The van der Waals surface area contributed by atoms with Gasteiger partial charge in [-0.2, -0.15) is 0 Å². The topological polar surface area (TPSA) is 126 Å². The van der Waals surface area contributed by atoms with E-state index in [1.807, 2.05) is 36.4 Å². The Morgan fingerprint density at radius 1 is 0.553 bits per heavy atom. The van der Waals surface area contributed by atoms with E-state index in [9.17, 15) is 19.8 Å². The molecule has 2 aliphatic carbocycles. The largest absolute Gasteiger partial charge is 0.504 e. The molecular weight excluding hydrogens is 480 g/mol. The fraction of sp³-hybridized carbons (Fsp3) is 0. The van der Waals surface area contributed by atoms with Crippen LogP contribution in [-0.2, 0) is 0 Å². The minimum Gasteiger partial charge on any atom is -0.504 e. The number of fused-ring (bicyclic) bond motifs is 4. The van der Waals surface area contributed by atoms with Gasteiger partial charge in [-0.15, -0.1) is 0 Å². The highest BCUT2D eigenvalue weighted by atomic mass is 16.3. The van der Waals surface area contributed by atoms with Crippen LogP contribution >= 0.6 is 0 Å². The molecule has 8 rings (SSSR count). The summed E-state index contributed by atoms with van der Waals surface area (Å²) in [5, 5.41) is 25.0. The van der Waals surface area contributed by atoms with Gasteiger partial charge in [0.1, 0.15) is 11.4 Å². The first-order valence-corrected chi connectivity index (χ1v) is 11.9. The summed E-state index contributed by atoms with van der Waals surface area (Å²) in [4.78, 5) is 45.2. The monoisotopic (exact) mass is 494 g/mol. The maximum Gasteiger partial charge on any atom is 0.246 e. The number of carbonyl (C=O) groups excluding carboxylic acids is 2. The highest BCUT2D eigenvalue weighted by molar-refractivity contribution is 6.36. The number of aromatic nitrogens is 4. The van der Waals surface area contributed by atoms with Crippen LogP contribution in [0.5, 0.6) is 0 Å². The standard InChI is InChI=1S/C30H14N4O4/c35-27-19(15-9-11-31-23-13-5-1-3-7-17(13)33-25(21(15)23)29(27)37)20-16-10-12-32-24-14-6-2-4-8-18(14)34-26(22(16)24)30(38)28(20)36/h1-12,35-36H. The predicted octanol–water partition coefficient (Wildman–Crippen LogP) is 5.51. The lowest BCUT2D eigenvalue weighted by atomic mass is 9.79. The van der Waals surface area contributed by atoms with E-state index in [-0.39, 0.29) is 22.5 Å². The highest BCUT2D eigenvalue weighted by Gasteiger charge is 2.38. The van der Waals surface area contributed by atoms with Gasteiger partial charge in [0.2, 0.25) is 11.6 Å². The second-order valence-corrected chi connectivity index (χ2v) is 9.22. The molecule has 0 atom stereocenters. The van der Waals surface area contributed by atoms with Gasteiger partial charge in [-0.05, 0) is 35.4 Å². The van der Waals surface area contributed by atoms with Crippen molar-refractivity contribution < 1.29 is 19.8 Å². The Hall–Kier alpha value is -5.50. The van der Waals surface area contributed by atoms with Crippen molar-refractivity contribution in [3.63, 3.8) is 0 Å². The van der Waals surface area contributed by atoms with Gasteiger partial charge in [0.05, 0.1) is 22.1 Å². The zero-order valence-corrected chi connectivity index (χ0v) is 19.4. The normalized spacial score (nSPS) is 14.9. The number of benzene rings is 2. The van der Waals surface area contributed by atoms with E-state index in [0.717, 1.165) is 10.8 Å². The maximum atomic E-state index is 13.5. The molecule has 6 aromatic rings. The number of para-hydroxylation sites is 2. The summed E-state index contributed by atoms with van der Waals surface area (Å²) < 4.78 is 0. The van der Waals surface area contributed by atoms with Crippen LogP contribution in [0, 0.1) is 0 Å². The van der Waals surface area contributed by atoms with Crippen LogP contribution in [0.2, 0.25) is 0 Å². The van der Waals surface area contributed by atoms with Gasteiger partial charge in [0.15, 0.2) is 11.5 Å². The Labute approximate surface area is 213 Å². The van der Waals surface area contributed by atoms with Crippen molar-refractivity contribution in [1.29, 1.82) is 0 Å². The number of Topliss-reactive ketones (excluding diaryl/α,β-unsaturated/α-hetero) is 2. The molecule has 0 bridgehead atoms. The Morgan fingerprint density at radius 3 is 1.42 bits per heavy atom. The molecule has 2 aliphatic rings. The Kier molecular flexibility index (Phi) is 3.83. The summed E-state index contributed by atoms with van der Waals surface area (Å²) in [6.07, 6.45) is 3.15. The lowest BCUT2D eigenvalue weighted by Gasteiger charge is -2.25. The molecule has 0 saturated heterocycles. The minimum absolute atomic E-state index is 0.0455. The van der Waals surface area contributed by atoms with Crippen LogP contribution in [-0.4, -0.2) is 41.7 Å². The Morgan fingerprint density at radius 2 is 0.974 bits per heavy atom. The number of aliphatic hydroxyl groups is 2. The molecule has 8 nitrogen and oxygen atoms in total. The third-order valence-electron chi connectivity index (χ3n) is 7.28. The first-order valence-electron chi connectivity index (χ1n) is 11.9. The van der Waals surface area contributed by atoms with Crippen LogP contribution in [0.15, 0.2) is 84.6 Å². The number of carbonyl (C=O) groups is 2. The second kappa shape index (κ2) is 7.04. The molecule has 0 radical (unpaired) electrons. The van der Waals surface area contributed by atoms with Crippen LogP contribution in [0.1, 0.15) is 32.1 Å². The fourth-order valence-corrected chi connectivity index (χ4v) is 5.66. The van der Waals surface area contributed by atoms with Gasteiger partial charge in [-0.3, -0.25) is 19.6 Å². The molecule has 0 spiro atoms. The molecule has 0 unspecified atom stereocenters. The van der Waals surface area contributed by atoms with Crippen molar-refractivity contribution in [3.8, 4) is 0 Å². The van der Waals surface area contributed by atoms with Crippen molar-refractivity contribution >= 4 is 66.3 Å². The highest BCUT2D eigenvalue weighted by Crippen LogP contribution is 2.47. The van der Waals surface area contributed by atoms with Crippen molar-refractivity contribution in [2.24, 2.45) is 0 Å². The van der Waals surface area contributed by atoms with E-state index in [2.05, 4.69) is 19.9 Å². The average molecular weight is 494 g/mol. The van der Waals surface area contributed by atoms with Gasteiger partial charge < -0.3 is 10.2 Å². The minimum atomic E-state index is -0.711. The molecule has 4 heterocycles. The Bertz CT molecular complexity index is 2040. The summed E-state index contributed by atoms with van der Waals surface area (Å²) in [7, 11) is 0. The van der Waals surface area contributed by atoms with Crippen LogP contribution < -0.4 is 0 Å². The zero-order valence-electron chi connectivity index (χ0n) is 19.4. The average Bonchev–Trinajstić information content (AvgIpc) is 2.96. The van der Waals surface area contributed by atoms with Crippen LogP contribution in [0.25, 0.3) is 54.8 Å². The number of pyridine rings is 4. The van der Waals surface area contributed by atoms with Crippen molar-refractivity contribution in [2.75, 3.05) is 0 Å². The van der Waals surface area contributed by atoms with E-state index >= 15 is 0 Å². The number of hydrogen-bond donors (Lipinski definition) is 2. The molecule has 0 amide bonds. The molecule has 0 saturated carbocycles. The van der Waals surface area contributed by atoms with Gasteiger partial charge in [0, 0.05) is 45.1 Å². The zero-order chi connectivity index (χ0) is 25.7. The summed E-state index contributed by atoms with van der Waals surface area (Å²) in [5.41, 5.74) is 3.33. The molecule has 0 fully saturated rings. The molecule has 8 heteroatoms. The predicted molar refractivity (Wildman–Crippen MR) is 142 cm³/mol. The number of allylic oxidation sites excluding steroid dienone is 4. The van der Waals surface area contributed by atoms with Gasteiger partial charge in [0.25, 0.3) is 0 Å². The number of rotatable bonds is 1. The van der Waals surface area contributed by atoms with Crippen molar-refractivity contribution in [2.45, 2.75) is 0 Å². The van der Waals surface area contributed by atoms with E-state index in [1.54, 1.807) is 36.7 Å². The van der Waals surface area contributed by atoms with E-state index < -0.39 is 23.1 Å². The van der Waals surface area contributed by atoms with E-state index in [0.29, 0.717) is 44.0 Å². The second-order valence-electron chi connectivity index (χ2n) is 9.22.